The van der Waals surface area contributed by atoms with Crippen molar-refractivity contribution in [3.05, 3.63) is 53.6 Å². The zero-order chi connectivity index (χ0) is 26.8. The number of carbonyl (C=O) groups excluding carboxylic acids is 3. The molecular weight excluding hydrogens is 482 g/mol. The van der Waals surface area contributed by atoms with Crippen LogP contribution < -0.4 is 24.8 Å². The number of nitrogens with one attached hydrogen (secondary N) is 2. The Kier molecular flexibility index (Phi) is 9.96. The molecule has 1 aliphatic rings. The Morgan fingerprint density at radius 2 is 1.68 bits per heavy atom. The highest BCUT2D eigenvalue weighted by Crippen LogP contribution is 2.38. The Bertz CT molecular complexity index is 1050. The normalized spacial score (nSPS) is 15.5. The number of aliphatic hydroxyl groups is 1. The maximum absolute atomic E-state index is 12.7. The summed E-state index contributed by atoms with van der Waals surface area (Å²) in [4.78, 5) is 38.8. The first-order chi connectivity index (χ1) is 17.9. The molecule has 0 aliphatic carbocycles. The number of aliphatic hydroxyl groups excluding tert-OH is 1. The zero-order valence-corrected chi connectivity index (χ0v) is 21.2. The van der Waals surface area contributed by atoms with Gasteiger partial charge in [0, 0.05) is 13.1 Å². The number of likely N-dealkylation sites (tertiary alicyclic amines) is 1. The van der Waals surface area contributed by atoms with Crippen LogP contribution in [0.3, 0.4) is 0 Å². The van der Waals surface area contributed by atoms with Gasteiger partial charge in [0.15, 0.2) is 17.6 Å². The second-order valence-corrected chi connectivity index (χ2v) is 8.41. The van der Waals surface area contributed by atoms with Crippen LogP contribution in [0.2, 0.25) is 0 Å². The fourth-order valence-electron chi connectivity index (χ4n) is 4.16. The highest BCUT2D eigenvalue weighted by atomic mass is 16.5. The third-order valence-electron chi connectivity index (χ3n) is 6.04. The van der Waals surface area contributed by atoms with E-state index in [2.05, 4.69) is 10.6 Å². The van der Waals surface area contributed by atoms with E-state index in [-0.39, 0.29) is 19.7 Å². The minimum Gasteiger partial charge on any atom is -0.493 e. The van der Waals surface area contributed by atoms with Crippen molar-refractivity contribution in [3.63, 3.8) is 0 Å². The summed E-state index contributed by atoms with van der Waals surface area (Å²) in [6, 6.07) is 11.9. The van der Waals surface area contributed by atoms with Gasteiger partial charge in [0.05, 0.1) is 27.4 Å². The van der Waals surface area contributed by atoms with Crippen molar-refractivity contribution in [1.29, 1.82) is 0 Å². The smallest absolute Gasteiger partial charge is 0.407 e. The first-order valence-corrected chi connectivity index (χ1v) is 11.9. The number of alkyl carbamates (subject to hydrolysis) is 1. The molecule has 37 heavy (non-hydrogen) atoms. The lowest BCUT2D eigenvalue weighted by molar-refractivity contribution is -0.138. The number of benzene rings is 2. The number of hydrogen-bond acceptors (Lipinski definition) is 8. The molecule has 0 aromatic heterocycles. The molecule has 1 saturated heterocycles. The van der Waals surface area contributed by atoms with Gasteiger partial charge in [-0.1, -0.05) is 30.3 Å². The molecular formula is C26H33N3O8. The van der Waals surface area contributed by atoms with Crippen LogP contribution in [0.4, 0.5) is 4.79 Å². The second kappa shape index (κ2) is 13.4. The van der Waals surface area contributed by atoms with Crippen LogP contribution >= 0.6 is 0 Å². The van der Waals surface area contributed by atoms with Crippen LogP contribution in [0.1, 0.15) is 24.0 Å². The zero-order valence-electron chi connectivity index (χ0n) is 21.2. The summed E-state index contributed by atoms with van der Waals surface area (Å²) in [6.45, 7) is 0.255. The highest BCUT2D eigenvalue weighted by Gasteiger charge is 2.37. The van der Waals surface area contributed by atoms with Crippen LogP contribution in [-0.4, -0.2) is 74.5 Å². The lowest BCUT2D eigenvalue weighted by atomic mass is 10.1. The van der Waals surface area contributed by atoms with Crippen LogP contribution in [0.5, 0.6) is 17.2 Å². The molecule has 2 aromatic rings. The largest absolute Gasteiger partial charge is 0.493 e. The van der Waals surface area contributed by atoms with Crippen molar-refractivity contribution in [2.24, 2.45) is 0 Å². The maximum Gasteiger partial charge on any atom is 0.407 e. The molecule has 11 heteroatoms. The molecule has 200 valence electrons. The van der Waals surface area contributed by atoms with Crippen molar-refractivity contribution in [3.8, 4) is 17.2 Å². The number of methoxy groups -OCH3 is 3. The van der Waals surface area contributed by atoms with Crippen molar-refractivity contribution >= 4 is 17.9 Å². The Hall–Kier alpha value is -3.99. The molecule has 2 atom stereocenters. The van der Waals surface area contributed by atoms with Crippen molar-refractivity contribution in [2.45, 2.75) is 38.1 Å². The van der Waals surface area contributed by atoms with Gasteiger partial charge in [-0.25, -0.2) is 4.79 Å². The van der Waals surface area contributed by atoms with E-state index < -0.39 is 30.1 Å². The Morgan fingerprint density at radius 3 is 2.30 bits per heavy atom. The molecule has 11 nitrogen and oxygen atoms in total. The van der Waals surface area contributed by atoms with Gasteiger partial charge in [-0.05, 0) is 36.1 Å². The quantitative estimate of drug-likeness (QED) is 0.411. The fraction of sp³-hybridized carbons (Fsp3) is 0.423. The molecule has 0 saturated carbocycles. The minimum absolute atomic E-state index is 0.0814. The van der Waals surface area contributed by atoms with E-state index in [1.807, 2.05) is 30.3 Å². The topological polar surface area (TPSA) is 136 Å². The molecule has 3 N–H and O–H groups in total. The first-order valence-electron chi connectivity index (χ1n) is 11.9. The summed E-state index contributed by atoms with van der Waals surface area (Å²) in [5, 5.41) is 15.8. The Balaban J connectivity index is 1.51. The van der Waals surface area contributed by atoms with Crippen LogP contribution in [-0.2, 0) is 27.5 Å². The van der Waals surface area contributed by atoms with E-state index in [9.17, 15) is 19.5 Å². The predicted molar refractivity (Wildman–Crippen MR) is 133 cm³/mol. The lowest BCUT2D eigenvalue weighted by Gasteiger charge is -2.28. The Labute approximate surface area is 215 Å². The van der Waals surface area contributed by atoms with Crippen molar-refractivity contribution in [1.82, 2.24) is 15.5 Å². The lowest BCUT2D eigenvalue weighted by Crippen LogP contribution is -2.51. The van der Waals surface area contributed by atoms with Crippen LogP contribution in [0.15, 0.2) is 42.5 Å². The van der Waals surface area contributed by atoms with Gasteiger partial charge in [0.1, 0.15) is 13.2 Å². The summed E-state index contributed by atoms with van der Waals surface area (Å²) >= 11 is 0. The van der Waals surface area contributed by atoms with Gasteiger partial charge in [0.25, 0.3) is 5.91 Å². The molecule has 3 amide bonds. The molecule has 0 spiro atoms. The van der Waals surface area contributed by atoms with Gasteiger partial charge >= 0.3 is 6.09 Å². The molecule has 0 radical (unpaired) electrons. The second-order valence-electron chi connectivity index (χ2n) is 8.41. The first kappa shape index (κ1) is 27.6. The summed E-state index contributed by atoms with van der Waals surface area (Å²) in [6.07, 6.45) is -1.07. The molecule has 1 heterocycles. The average molecular weight is 516 g/mol. The standard InChI is InChI=1S/C26H33N3O8/c1-34-20-12-18(13-21(35-2)24(20)36-3)14-27-25(32)23(31)19-10-7-11-29(19)22(30)15-28-26(33)37-16-17-8-5-4-6-9-17/h4-6,8-9,12-13,19,23,31H,7,10-11,14-16H2,1-3H3,(H,27,32)(H,28,33)/t19-,23?/m0/s1. The van der Waals surface area contributed by atoms with Crippen molar-refractivity contribution in [2.75, 3.05) is 34.4 Å². The van der Waals surface area contributed by atoms with Crippen LogP contribution in [0.25, 0.3) is 0 Å². The van der Waals surface area contributed by atoms with E-state index in [1.165, 1.54) is 26.2 Å². The number of carbonyl (C=O) groups is 3. The predicted octanol–water partition coefficient (Wildman–Crippen LogP) is 1.61. The fourth-order valence-corrected chi connectivity index (χ4v) is 4.16. The third kappa shape index (κ3) is 7.26. The van der Waals surface area contributed by atoms with E-state index in [1.54, 1.807) is 12.1 Å². The average Bonchev–Trinajstić information content (AvgIpc) is 3.43. The number of ether oxygens (including phenoxy) is 4. The summed E-state index contributed by atoms with van der Waals surface area (Å²) in [7, 11) is 4.48. The van der Waals surface area contributed by atoms with E-state index in [0.29, 0.717) is 42.2 Å². The number of rotatable bonds is 11. The number of nitrogens with zero attached hydrogens (tertiary/aromatic N) is 1. The van der Waals surface area contributed by atoms with E-state index >= 15 is 0 Å². The Morgan fingerprint density at radius 1 is 1.00 bits per heavy atom. The summed E-state index contributed by atoms with van der Waals surface area (Å²) in [5.41, 5.74) is 1.50. The molecule has 2 aromatic carbocycles. The van der Waals surface area contributed by atoms with Crippen LogP contribution in [0, 0.1) is 0 Å². The van der Waals surface area contributed by atoms with Crippen molar-refractivity contribution < 1.29 is 38.4 Å². The minimum atomic E-state index is -1.43. The molecule has 3 rings (SSSR count). The molecule has 0 bridgehead atoms. The monoisotopic (exact) mass is 515 g/mol. The van der Waals surface area contributed by atoms with Gasteiger partial charge in [0.2, 0.25) is 11.7 Å². The molecule has 1 unspecified atom stereocenters. The van der Waals surface area contributed by atoms with Gasteiger partial charge in [-0.3, -0.25) is 9.59 Å². The number of amides is 3. The molecule has 1 fully saturated rings. The number of hydrogen-bond donors (Lipinski definition) is 3. The highest BCUT2D eigenvalue weighted by molar-refractivity contribution is 5.85. The molecule has 1 aliphatic heterocycles. The SMILES string of the molecule is COc1cc(CNC(=O)C(O)[C@@H]2CCCN2C(=O)CNC(=O)OCc2ccccc2)cc(OC)c1OC. The van der Waals surface area contributed by atoms with E-state index in [4.69, 9.17) is 18.9 Å². The van der Waals surface area contributed by atoms with E-state index in [0.717, 1.165) is 5.56 Å². The summed E-state index contributed by atoms with van der Waals surface area (Å²) < 4.78 is 21.1. The summed E-state index contributed by atoms with van der Waals surface area (Å²) in [5.74, 6) is 0.283. The van der Waals surface area contributed by atoms with Gasteiger partial charge in [-0.2, -0.15) is 0 Å². The maximum atomic E-state index is 12.7. The van der Waals surface area contributed by atoms with Gasteiger partial charge < -0.3 is 39.6 Å². The van der Waals surface area contributed by atoms with Gasteiger partial charge in [-0.15, -0.1) is 0 Å². The third-order valence-corrected chi connectivity index (χ3v) is 6.04.